The Bertz CT molecular complexity index is 237. The molecule has 0 aliphatic rings. The zero-order chi connectivity index (χ0) is 8.97. The van der Waals surface area contributed by atoms with E-state index in [1.54, 1.807) is 17.1 Å². The average molecular weight is 191 g/mol. The maximum absolute atomic E-state index is 11.9. The highest BCUT2D eigenvalue weighted by Gasteiger charge is 2.07. The summed E-state index contributed by atoms with van der Waals surface area (Å²) >= 11 is 5.96. The van der Waals surface area contributed by atoms with Crippen molar-refractivity contribution in [2.75, 3.05) is 6.67 Å². The molecular weight excluding hydrogens is 179 g/mol. The monoisotopic (exact) mass is 190 g/mol. The quantitative estimate of drug-likeness (QED) is 0.668. The van der Waals surface area contributed by atoms with Gasteiger partial charge in [-0.15, -0.1) is 11.6 Å². The van der Waals surface area contributed by atoms with Gasteiger partial charge in [0.05, 0.1) is 18.1 Å². The van der Waals surface area contributed by atoms with Gasteiger partial charge in [-0.25, -0.2) is 4.39 Å². The lowest BCUT2D eigenvalue weighted by atomic mass is 10.2. The predicted octanol–water partition coefficient (Wildman–Crippen LogP) is 2.54. The summed E-state index contributed by atoms with van der Waals surface area (Å²) in [6.07, 6.45) is 4.35. The maximum atomic E-state index is 11.9. The van der Waals surface area contributed by atoms with Crippen LogP contribution in [0.1, 0.15) is 24.3 Å². The van der Waals surface area contributed by atoms with Gasteiger partial charge in [0.25, 0.3) is 0 Å². The number of hydrogen-bond donors (Lipinski definition) is 0. The van der Waals surface area contributed by atoms with Crippen LogP contribution in [0.2, 0.25) is 0 Å². The van der Waals surface area contributed by atoms with Crippen LogP contribution in [0, 0.1) is 0 Å². The number of nitrogens with zero attached hydrogens (tertiary/aromatic N) is 2. The summed E-state index contributed by atoms with van der Waals surface area (Å²) in [5, 5.41) is 3.97. The van der Waals surface area contributed by atoms with Gasteiger partial charge >= 0.3 is 0 Å². The van der Waals surface area contributed by atoms with E-state index in [0.717, 1.165) is 12.0 Å². The Morgan fingerprint density at radius 2 is 2.50 bits per heavy atom. The fourth-order valence-electron chi connectivity index (χ4n) is 0.986. The third-order valence-electron chi connectivity index (χ3n) is 1.69. The van der Waals surface area contributed by atoms with Crippen LogP contribution in [0.4, 0.5) is 4.39 Å². The van der Waals surface area contributed by atoms with Crippen LogP contribution in [-0.2, 0) is 6.54 Å². The minimum absolute atomic E-state index is 0.00152. The first-order valence-electron chi connectivity index (χ1n) is 4.00. The van der Waals surface area contributed by atoms with Crippen LogP contribution in [0.5, 0.6) is 0 Å². The molecule has 2 nitrogen and oxygen atoms in total. The van der Waals surface area contributed by atoms with E-state index in [1.807, 2.05) is 6.92 Å². The molecule has 1 rings (SSSR count). The van der Waals surface area contributed by atoms with E-state index in [-0.39, 0.29) is 12.1 Å². The van der Waals surface area contributed by atoms with Gasteiger partial charge in [0, 0.05) is 11.8 Å². The second-order valence-electron chi connectivity index (χ2n) is 2.60. The zero-order valence-electron chi connectivity index (χ0n) is 7.00. The fourth-order valence-corrected chi connectivity index (χ4v) is 1.10. The van der Waals surface area contributed by atoms with Gasteiger partial charge in [0.2, 0.25) is 0 Å². The number of alkyl halides is 2. The van der Waals surface area contributed by atoms with Crippen molar-refractivity contribution < 1.29 is 4.39 Å². The van der Waals surface area contributed by atoms with Crippen molar-refractivity contribution in [3.05, 3.63) is 18.0 Å². The highest BCUT2D eigenvalue weighted by Crippen LogP contribution is 2.22. The minimum Gasteiger partial charge on any atom is -0.270 e. The van der Waals surface area contributed by atoms with Gasteiger partial charge < -0.3 is 0 Å². The van der Waals surface area contributed by atoms with Crippen molar-refractivity contribution in [3.8, 4) is 0 Å². The molecule has 1 heterocycles. The molecule has 0 bridgehead atoms. The van der Waals surface area contributed by atoms with Crippen molar-refractivity contribution in [2.45, 2.75) is 25.3 Å². The molecule has 0 aromatic carbocycles. The van der Waals surface area contributed by atoms with Crippen molar-refractivity contribution in [2.24, 2.45) is 0 Å². The molecule has 4 heteroatoms. The molecule has 0 saturated heterocycles. The number of aromatic nitrogens is 2. The molecule has 0 fully saturated rings. The molecule has 1 unspecified atom stereocenters. The Labute approximate surface area is 76.3 Å². The lowest BCUT2D eigenvalue weighted by molar-refractivity contribution is 0.427. The molecule has 0 N–H and O–H groups in total. The molecule has 0 aliphatic heterocycles. The molecule has 1 atom stereocenters. The highest BCUT2D eigenvalue weighted by atomic mass is 35.5. The summed E-state index contributed by atoms with van der Waals surface area (Å²) in [7, 11) is 0. The standard InChI is InChI=1S/C8H12ClFN2/c1-2-8(9)7-5-11-12(6-7)4-3-10/h5-6,8H,2-4H2,1H3. The second-order valence-corrected chi connectivity index (χ2v) is 3.13. The predicted molar refractivity (Wildman–Crippen MR) is 47.1 cm³/mol. The van der Waals surface area contributed by atoms with Crippen LogP contribution in [0.3, 0.4) is 0 Å². The Morgan fingerprint density at radius 3 is 3.08 bits per heavy atom. The van der Waals surface area contributed by atoms with Crippen molar-refractivity contribution in [1.29, 1.82) is 0 Å². The van der Waals surface area contributed by atoms with E-state index < -0.39 is 0 Å². The van der Waals surface area contributed by atoms with E-state index in [1.165, 1.54) is 0 Å². The van der Waals surface area contributed by atoms with Crippen LogP contribution in [-0.4, -0.2) is 16.5 Å². The summed E-state index contributed by atoms with van der Waals surface area (Å²) < 4.78 is 13.4. The number of rotatable bonds is 4. The van der Waals surface area contributed by atoms with Gasteiger partial charge in [0.1, 0.15) is 6.67 Å². The third-order valence-corrected chi connectivity index (χ3v) is 2.25. The summed E-state index contributed by atoms with van der Waals surface area (Å²) in [5.41, 5.74) is 0.965. The van der Waals surface area contributed by atoms with Gasteiger partial charge in [-0.05, 0) is 6.42 Å². The molecular formula is C8H12ClFN2. The van der Waals surface area contributed by atoms with Gasteiger partial charge in [0.15, 0.2) is 0 Å². The number of hydrogen-bond acceptors (Lipinski definition) is 1. The summed E-state index contributed by atoms with van der Waals surface area (Å²) in [5.74, 6) is 0. The van der Waals surface area contributed by atoms with Gasteiger partial charge in [-0.2, -0.15) is 5.10 Å². The number of aryl methyl sites for hydroxylation is 1. The third kappa shape index (κ3) is 2.21. The van der Waals surface area contributed by atoms with Crippen LogP contribution in [0.25, 0.3) is 0 Å². The number of halogens is 2. The van der Waals surface area contributed by atoms with Crippen molar-refractivity contribution in [3.63, 3.8) is 0 Å². The maximum Gasteiger partial charge on any atom is 0.109 e. The summed E-state index contributed by atoms with van der Waals surface area (Å²) in [6.45, 7) is 1.93. The second kappa shape index (κ2) is 4.45. The first kappa shape index (κ1) is 9.52. The molecule has 0 saturated carbocycles. The van der Waals surface area contributed by atoms with E-state index in [4.69, 9.17) is 11.6 Å². The first-order valence-corrected chi connectivity index (χ1v) is 4.44. The largest absolute Gasteiger partial charge is 0.270 e. The zero-order valence-corrected chi connectivity index (χ0v) is 7.76. The molecule has 0 spiro atoms. The fraction of sp³-hybridized carbons (Fsp3) is 0.625. The molecule has 0 aliphatic carbocycles. The van der Waals surface area contributed by atoms with Crippen LogP contribution in [0.15, 0.2) is 12.4 Å². The molecule has 68 valence electrons. The van der Waals surface area contributed by atoms with E-state index >= 15 is 0 Å². The van der Waals surface area contributed by atoms with E-state index in [0.29, 0.717) is 6.54 Å². The summed E-state index contributed by atoms with van der Waals surface area (Å²) in [4.78, 5) is 0. The highest BCUT2D eigenvalue weighted by molar-refractivity contribution is 6.20. The smallest absolute Gasteiger partial charge is 0.109 e. The average Bonchev–Trinajstić information content (AvgIpc) is 2.52. The molecule has 1 aromatic heterocycles. The van der Waals surface area contributed by atoms with Gasteiger partial charge in [-0.3, -0.25) is 4.68 Å². The SMILES string of the molecule is CCC(Cl)c1cnn(CCF)c1. The van der Waals surface area contributed by atoms with Crippen molar-refractivity contribution >= 4 is 11.6 Å². The Morgan fingerprint density at radius 1 is 1.75 bits per heavy atom. The minimum atomic E-state index is -0.389. The normalized spacial score (nSPS) is 13.2. The Balaban J connectivity index is 2.63. The lowest BCUT2D eigenvalue weighted by Crippen LogP contribution is -1.99. The molecule has 12 heavy (non-hydrogen) atoms. The topological polar surface area (TPSA) is 17.8 Å². The Kier molecular flexibility index (Phi) is 3.53. The Hall–Kier alpha value is -0.570. The molecule has 1 aromatic rings. The lowest BCUT2D eigenvalue weighted by Gasteiger charge is -2.00. The molecule has 0 radical (unpaired) electrons. The molecule has 0 amide bonds. The van der Waals surface area contributed by atoms with E-state index in [2.05, 4.69) is 5.10 Å². The first-order chi connectivity index (χ1) is 5.77. The van der Waals surface area contributed by atoms with E-state index in [9.17, 15) is 4.39 Å². The van der Waals surface area contributed by atoms with Crippen LogP contribution >= 0.6 is 11.6 Å². The van der Waals surface area contributed by atoms with Crippen LogP contribution < -0.4 is 0 Å². The van der Waals surface area contributed by atoms with Gasteiger partial charge in [-0.1, -0.05) is 6.92 Å². The van der Waals surface area contributed by atoms with Crippen molar-refractivity contribution in [1.82, 2.24) is 9.78 Å². The summed E-state index contributed by atoms with van der Waals surface area (Å²) in [6, 6.07) is 0.